The number of thiophene rings is 1. The van der Waals surface area contributed by atoms with Crippen LogP contribution in [0.4, 0.5) is 26.3 Å². The number of hydrogen-bond acceptors (Lipinski definition) is 2. The highest BCUT2D eigenvalue weighted by molar-refractivity contribution is 7.16. The molecule has 1 heterocycles. The minimum atomic E-state index is -5.39. The molecule has 0 radical (unpaired) electrons. The van der Waals surface area contributed by atoms with Gasteiger partial charge in [-0.15, -0.1) is 11.3 Å². The van der Waals surface area contributed by atoms with Gasteiger partial charge in [0.05, 0.1) is 10.4 Å². The standard InChI is InChI=1S/C12H14ClF6NS/c1-3-4-20-8(7-5-6(2)10(13)21-7)9(11(14,15)16)12(17,18)19/h5,8-9,20H,3-4H2,1-2H3. The third-order valence-corrected chi connectivity index (χ3v) is 4.47. The summed E-state index contributed by atoms with van der Waals surface area (Å²) in [5.41, 5.74) is 0.461. The molecule has 1 unspecified atom stereocenters. The molecule has 0 aliphatic rings. The van der Waals surface area contributed by atoms with Crippen LogP contribution in [0, 0.1) is 12.8 Å². The van der Waals surface area contributed by atoms with Gasteiger partial charge in [-0.3, -0.25) is 0 Å². The summed E-state index contributed by atoms with van der Waals surface area (Å²) < 4.78 is 77.6. The van der Waals surface area contributed by atoms with Gasteiger partial charge in [0.15, 0.2) is 5.92 Å². The zero-order valence-corrected chi connectivity index (χ0v) is 12.8. The Kier molecular flexibility index (Phi) is 5.97. The molecule has 122 valence electrons. The first-order chi connectivity index (χ1) is 9.48. The Bertz CT molecular complexity index is 434. The van der Waals surface area contributed by atoms with Crippen molar-refractivity contribution in [3.8, 4) is 0 Å². The van der Waals surface area contributed by atoms with Crippen molar-refractivity contribution < 1.29 is 26.3 Å². The molecule has 0 saturated heterocycles. The van der Waals surface area contributed by atoms with E-state index >= 15 is 0 Å². The second-order valence-electron chi connectivity index (χ2n) is 4.60. The molecule has 0 spiro atoms. The maximum Gasteiger partial charge on any atom is 0.402 e. The molecule has 1 N–H and O–H groups in total. The van der Waals surface area contributed by atoms with Gasteiger partial charge in [-0.2, -0.15) is 26.3 Å². The van der Waals surface area contributed by atoms with Crippen LogP contribution in [0.3, 0.4) is 0 Å². The lowest BCUT2D eigenvalue weighted by atomic mass is 9.96. The zero-order chi connectivity index (χ0) is 16.4. The van der Waals surface area contributed by atoms with E-state index in [1.165, 1.54) is 13.0 Å². The van der Waals surface area contributed by atoms with Gasteiger partial charge in [-0.05, 0) is 31.5 Å². The van der Waals surface area contributed by atoms with E-state index in [-0.39, 0.29) is 15.8 Å². The Hall–Kier alpha value is -0.470. The molecule has 1 aromatic heterocycles. The van der Waals surface area contributed by atoms with Crippen LogP contribution in [-0.2, 0) is 0 Å². The van der Waals surface area contributed by atoms with E-state index in [2.05, 4.69) is 5.32 Å². The van der Waals surface area contributed by atoms with Gasteiger partial charge in [0, 0.05) is 4.88 Å². The predicted molar refractivity (Wildman–Crippen MR) is 70.7 cm³/mol. The van der Waals surface area contributed by atoms with Crippen LogP contribution in [0.2, 0.25) is 4.34 Å². The molecule has 0 aliphatic heterocycles. The largest absolute Gasteiger partial charge is 0.402 e. The minimum absolute atomic E-state index is 0.0435. The topological polar surface area (TPSA) is 12.0 Å². The van der Waals surface area contributed by atoms with Gasteiger partial charge >= 0.3 is 12.4 Å². The first kappa shape index (κ1) is 18.6. The maximum absolute atomic E-state index is 12.9. The lowest BCUT2D eigenvalue weighted by Gasteiger charge is -2.30. The molecule has 1 atom stereocenters. The zero-order valence-electron chi connectivity index (χ0n) is 11.2. The van der Waals surface area contributed by atoms with Crippen LogP contribution >= 0.6 is 22.9 Å². The van der Waals surface area contributed by atoms with Crippen LogP contribution in [0.1, 0.15) is 29.8 Å². The normalized spacial score (nSPS) is 14.8. The van der Waals surface area contributed by atoms with Gasteiger partial charge < -0.3 is 5.32 Å². The summed E-state index contributed by atoms with van der Waals surface area (Å²) in [6.07, 6.45) is -10.4. The van der Waals surface area contributed by atoms with Gasteiger partial charge in [-0.25, -0.2) is 0 Å². The molecule has 21 heavy (non-hydrogen) atoms. The fourth-order valence-corrected chi connectivity index (χ4v) is 3.21. The average Bonchev–Trinajstić information content (AvgIpc) is 2.61. The highest BCUT2D eigenvalue weighted by Gasteiger charge is 2.60. The number of rotatable bonds is 5. The van der Waals surface area contributed by atoms with Gasteiger partial charge in [0.1, 0.15) is 0 Å². The Morgan fingerprint density at radius 1 is 1.19 bits per heavy atom. The highest BCUT2D eigenvalue weighted by atomic mass is 35.5. The van der Waals surface area contributed by atoms with Crippen molar-refractivity contribution in [2.75, 3.05) is 6.54 Å². The Morgan fingerprint density at radius 2 is 1.71 bits per heavy atom. The number of hydrogen-bond donors (Lipinski definition) is 1. The van der Waals surface area contributed by atoms with Crippen molar-refractivity contribution in [1.29, 1.82) is 0 Å². The average molecular weight is 354 g/mol. The molecule has 0 fully saturated rings. The molecule has 0 amide bonds. The lowest BCUT2D eigenvalue weighted by molar-refractivity contribution is -0.292. The van der Waals surface area contributed by atoms with Crippen molar-refractivity contribution >= 4 is 22.9 Å². The van der Waals surface area contributed by atoms with Crippen molar-refractivity contribution in [2.45, 2.75) is 38.7 Å². The molecular weight excluding hydrogens is 340 g/mol. The van der Waals surface area contributed by atoms with E-state index in [1.54, 1.807) is 6.92 Å². The number of alkyl halides is 6. The summed E-state index contributed by atoms with van der Waals surface area (Å²) in [6, 6.07) is -0.619. The quantitative estimate of drug-likeness (QED) is 0.690. The summed E-state index contributed by atoms with van der Waals surface area (Å²) >= 11 is 6.51. The summed E-state index contributed by atoms with van der Waals surface area (Å²) in [5, 5.41) is 2.35. The van der Waals surface area contributed by atoms with Crippen LogP contribution in [0.25, 0.3) is 0 Å². The molecule has 1 aromatic rings. The maximum atomic E-state index is 12.9. The molecule has 0 aliphatic carbocycles. The summed E-state index contributed by atoms with van der Waals surface area (Å²) in [7, 11) is 0. The second-order valence-corrected chi connectivity index (χ2v) is 6.28. The van der Waals surface area contributed by atoms with E-state index < -0.39 is 24.3 Å². The molecule has 0 bridgehead atoms. The molecule has 0 saturated carbocycles. The van der Waals surface area contributed by atoms with Crippen LogP contribution < -0.4 is 5.32 Å². The van der Waals surface area contributed by atoms with E-state index in [1.807, 2.05) is 0 Å². The third kappa shape index (κ3) is 4.75. The number of aryl methyl sites for hydroxylation is 1. The van der Waals surface area contributed by atoms with E-state index in [9.17, 15) is 26.3 Å². The van der Waals surface area contributed by atoms with E-state index in [4.69, 9.17) is 11.6 Å². The summed E-state index contributed by atoms with van der Waals surface area (Å²) in [4.78, 5) is -0.0643. The van der Waals surface area contributed by atoms with Gasteiger partial charge in [0.25, 0.3) is 0 Å². The smallest absolute Gasteiger partial charge is 0.308 e. The van der Waals surface area contributed by atoms with Crippen LogP contribution in [0.15, 0.2) is 6.07 Å². The number of halogens is 7. The molecule has 0 aromatic carbocycles. The monoisotopic (exact) mass is 353 g/mol. The molecule has 1 rings (SSSR count). The fourth-order valence-electron chi connectivity index (χ4n) is 1.88. The Morgan fingerprint density at radius 3 is 2.05 bits per heavy atom. The predicted octanol–water partition coefficient (Wildman–Crippen LogP) is 5.49. The first-order valence-electron chi connectivity index (χ1n) is 6.11. The van der Waals surface area contributed by atoms with Gasteiger partial charge in [-0.1, -0.05) is 18.5 Å². The Balaban J connectivity index is 3.26. The third-order valence-electron chi connectivity index (χ3n) is 2.84. The van der Waals surface area contributed by atoms with E-state index in [0.29, 0.717) is 12.0 Å². The molecular formula is C12H14ClF6NS. The highest BCUT2D eigenvalue weighted by Crippen LogP contribution is 2.48. The van der Waals surface area contributed by atoms with Crippen molar-refractivity contribution in [2.24, 2.45) is 5.92 Å². The van der Waals surface area contributed by atoms with Crippen LogP contribution in [-0.4, -0.2) is 18.9 Å². The van der Waals surface area contributed by atoms with Crippen LogP contribution in [0.5, 0.6) is 0 Å². The molecule has 1 nitrogen and oxygen atoms in total. The van der Waals surface area contributed by atoms with Gasteiger partial charge in [0.2, 0.25) is 0 Å². The lowest BCUT2D eigenvalue weighted by Crippen LogP contribution is -2.45. The molecule has 9 heteroatoms. The number of nitrogens with one attached hydrogen (secondary N) is 1. The minimum Gasteiger partial charge on any atom is -0.308 e. The van der Waals surface area contributed by atoms with Crippen molar-refractivity contribution in [3.05, 3.63) is 20.8 Å². The fraction of sp³-hybridized carbons (Fsp3) is 0.667. The SMILES string of the molecule is CCCNC(c1cc(C)c(Cl)s1)C(C(F)(F)F)C(F)(F)F. The first-order valence-corrected chi connectivity index (χ1v) is 7.30. The second kappa shape index (κ2) is 6.75. The van der Waals surface area contributed by atoms with E-state index in [0.717, 1.165) is 11.3 Å². The summed E-state index contributed by atoms with van der Waals surface area (Å²) in [5.74, 6) is -3.47. The summed E-state index contributed by atoms with van der Waals surface area (Å²) in [6.45, 7) is 3.24. The van der Waals surface area contributed by atoms with Crippen molar-refractivity contribution in [1.82, 2.24) is 5.32 Å². The van der Waals surface area contributed by atoms with Crippen molar-refractivity contribution in [3.63, 3.8) is 0 Å². The Labute approximate surface area is 127 Å².